The van der Waals surface area contributed by atoms with E-state index in [9.17, 15) is 0 Å². The van der Waals surface area contributed by atoms with Crippen molar-refractivity contribution in [2.75, 3.05) is 6.61 Å². The molecule has 0 radical (unpaired) electrons. The zero-order valence-electron chi connectivity index (χ0n) is 13.0. The quantitative estimate of drug-likeness (QED) is 0.416. The van der Waals surface area contributed by atoms with E-state index in [1.54, 1.807) is 0 Å². The van der Waals surface area contributed by atoms with Crippen molar-refractivity contribution in [1.29, 1.82) is 0 Å². The van der Waals surface area contributed by atoms with Gasteiger partial charge in [-0.1, -0.05) is 35.3 Å². The van der Waals surface area contributed by atoms with Crippen LogP contribution in [0.3, 0.4) is 0 Å². The smallest absolute Gasteiger partial charge is 0.108 e. The van der Waals surface area contributed by atoms with Crippen molar-refractivity contribution in [2.45, 2.75) is 59.0 Å². The summed E-state index contributed by atoms with van der Waals surface area (Å²) in [5.41, 5.74) is 2.50. The number of terminal acetylenes is 1. The van der Waals surface area contributed by atoms with Crippen LogP contribution in [0.1, 0.15) is 53.4 Å². The van der Waals surface area contributed by atoms with Crippen molar-refractivity contribution in [3.05, 3.63) is 36.0 Å². The van der Waals surface area contributed by atoms with Crippen LogP contribution in [0.25, 0.3) is 0 Å². The van der Waals surface area contributed by atoms with Gasteiger partial charge in [-0.05, 0) is 53.4 Å². The van der Waals surface area contributed by atoms with Gasteiger partial charge in [0.2, 0.25) is 0 Å². The second-order valence-electron chi connectivity index (χ2n) is 5.42. The minimum absolute atomic E-state index is 0.316. The van der Waals surface area contributed by atoms with Gasteiger partial charge in [0.15, 0.2) is 0 Å². The zero-order chi connectivity index (χ0) is 14.7. The van der Waals surface area contributed by atoms with Gasteiger partial charge >= 0.3 is 0 Å². The first-order valence-electron chi connectivity index (χ1n) is 6.93. The highest BCUT2D eigenvalue weighted by Gasteiger charge is 2.19. The van der Waals surface area contributed by atoms with E-state index in [-0.39, 0.29) is 5.60 Å². The Morgan fingerprint density at radius 2 is 1.95 bits per heavy atom. The van der Waals surface area contributed by atoms with Crippen LogP contribution in [0.4, 0.5) is 0 Å². The van der Waals surface area contributed by atoms with Gasteiger partial charge in [-0.15, -0.1) is 13.0 Å². The first-order chi connectivity index (χ1) is 8.93. The lowest BCUT2D eigenvalue weighted by Gasteiger charge is -2.24. The molecule has 0 bridgehead atoms. The minimum Gasteiger partial charge on any atom is -0.359 e. The highest BCUT2D eigenvalue weighted by molar-refractivity contribution is 5.04. The average molecular weight is 260 g/mol. The second kappa shape index (κ2) is 9.64. The molecule has 0 aliphatic carbocycles. The molecule has 19 heavy (non-hydrogen) atoms. The van der Waals surface area contributed by atoms with E-state index in [4.69, 9.17) is 11.2 Å². The first-order valence-corrected chi connectivity index (χ1v) is 6.93. The number of ether oxygens (including phenoxy) is 1. The van der Waals surface area contributed by atoms with Crippen molar-refractivity contribution in [1.82, 2.24) is 0 Å². The summed E-state index contributed by atoms with van der Waals surface area (Å²) < 4.78 is 5.63. The predicted octanol–water partition coefficient (Wildman–Crippen LogP) is 5.05. The van der Waals surface area contributed by atoms with Crippen molar-refractivity contribution in [2.24, 2.45) is 0 Å². The topological polar surface area (TPSA) is 9.23 Å². The van der Waals surface area contributed by atoms with Crippen LogP contribution >= 0.6 is 0 Å². The Balaban J connectivity index is 4.13. The molecule has 1 unspecified atom stereocenters. The van der Waals surface area contributed by atoms with Crippen LogP contribution in [-0.4, -0.2) is 12.2 Å². The summed E-state index contributed by atoms with van der Waals surface area (Å²) in [6, 6.07) is 0. The zero-order valence-corrected chi connectivity index (χ0v) is 13.0. The van der Waals surface area contributed by atoms with Gasteiger partial charge in [-0.25, -0.2) is 0 Å². The van der Waals surface area contributed by atoms with E-state index in [0.717, 1.165) is 25.7 Å². The van der Waals surface area contributed by atoms with Gasteiger partial charge in [0.25, 0.3) is 0 Å². The van der Waals surface area contributed by atoms with Gasteiger partial charge in [0.05, 0.1) is 5.60 Å². The number of allylic oxidation sites excluding steroid dienone is 4. The second-order valence-corrected chi connectivity index (χ2v) is 5.42. The highest BCUT2D eigenvalue weighted by atomic mass is 16.5. The van der Waals surface area contributed by atoms with E-state index in [0.29, 0.717) is 6.61 Å². The lowest BCUT2D eigenvalue weighted by atomic mass is 9.98. The molecule has 0 rings (SSSR count). The van der Waals surface area contributed by atoms with Gasteiger partial charge in [0.1, 0.15) is 6.61 Å². The van der Waals surface area contributed by atoms with Crippen LogP contribution in [0, 0.1) is 12.3 Å². The molecule has 0 saturated carbocycles. The molecule has 0 saturated heterocycles. The van der Waals surface area contributed by atoms with Gasteiger partial charge in [-0.2, -0.15) is 0 Å². The third kappa shape index (κ3) is 9.33. The Hall–Kier alpha value is -1.26. The Kier molecular flexibility index (Phi) is 9.00. The lowest BCUT2D eigenvalue weighted by Crippen LogP contribution is -2.25. The maximum atomic E-state index is 5.63. The summed E-state index contributed by atoms with van der Waals surface area (Å²) >= 11 is 0. The van der Waals surface area contributed by atoms with E-state index in [2.05, 4.69) is 45.4 Å². The normalized spacial score (nSPS) is 14.4. The van der Waals surface area contributed by atoms with Crippen LogP contribution < -0.4 is 0 Å². The summed E-state index contributed by atoms with van der Waals surface area (Å²) in [6.07, 6.45) is 15.8. The molecule has 0 aromatic rings. The standard InChI is InChI=1S/C18H28O/c1-7-15-19-18(6,8-2)14-10-13-17(5)12-9-11-16(3)4/h1,8,11,13H,2,9-10,12,14-15H2,3-6H3/b17-13+. The van der Waals surface area contributed by atoms with E-state index >= 15 is 0 Å². The Labute approximate surface area is 119 Å². The van der Waals surface area contributed by atoms with Gasteiger partial charge < -0.3 is 4.74 Å². The van der Waals surface area contributed by atoms with Crippen LogP contribution in [0.15, 0.2) is 36.0 Å². The van der Waals surface area contributed by atoms with Crippen molar-refractivity contribution in [3.63, 3.8) is 0 Å². The monoisotopic (exact) mass is 260 g/mol. The number of rotatable bonds is 9. The summed E-state index contributed by atoms with van der Waals surface area (Å²) in [5.74, 6) is 2.50. The van der Waals surface area contributed by atoms with Gasteiger partial charge in [0, 0.05) is 0 Å². The predicted molar refractivity (Wildman–Crippen MR) is 85.0 cm³/mol. The summed E-state index contributed by atoms with van der Waals surface area (Å²) in [6.45, 7) is 12.7. The first kappa shape index (κ1) is 17.7. The molecule has 0 N–H and O–H groups in total. The molecule has 106 valence electrons. The maximum Gasteiger partial charge on any atom is 0.108 e. The highest BCUT2D eigenvalue weighted by Crippen LogP contribution is 2.20. The molecule has 0 fully saturated rings. The van der Waals surface area contributed by atoms with E-state index in [1.807, 2.05) is 13.0 Å². The molecular formula is C18H28O. The molecule has 0 aromatic carbocycles. The largest absolute Gasteiger partial charge is 0.359 e. The third-order valence-corrected chi connectivity index (χ3v) is 3.14. The molecule has 0 amide bonds. The number of hydrogen-bond acceptors (Lipinski definition) is 1. The fraction of sp³-hybridized carbons (Fsp3) is 0.556. The molecule has 1 nitrogen and oxygen atoms in total. The van der Waals surface area contributed by atoms with Crippen LogP contribution in [-0.2, 0) is 4.74 Å². The maximum absolute atomic E-state index is 5.63. The van der Waals surface area contributed by atoms with Crippen molar-refractivity contribution in [3.8, 4) is 12.3 Å². The SMILES string of the molecule is C#CCOC(C)(C=C)CC/C=C(\C)CCC=C(C)C. The van der Waals surface area contributed by atoms with E-state index < -0.39 is 0 Å². The van der Waals surface area contributed by atoms with Crippen molar-refractivity contribution >= 4 is 0 Å². The fourth-order valence-electron chi connectivity index (χ4n) is 1.74. The summed E-state index contributed by atoms with van der Waals surface area (Å²) in [7, 11) is 0. The van der Waals surface area contributed by atoms with E-state index in [1.165, 1.54) is 11.1 Å². The van der Waals surface area contributed by atoms with Crippen LogP contribution in [0.5, 0.6) is 0 Å². The average Bonchev–Trinajstić information content (AvgIpc) is 2.36. The molecule has 1 heteroatoms. The lowest BCUT2D eigenvalue weighted by molar-refractivity contribution is 0.0212. The third-order valence-electron chi connectivity index (χ3n) is 3.14. The molecule has 0 aliphatic rings. The van der Waals surface area contributed by atoms with Crippen LogP contribution in [0.2, 0.25) is 0 Å². The molecule has 0 spiro atoms. The van der Waals surface area contributed by atoms with Crippen molar-refractivity contribution < 1.29 is 4.74 Å². The molecule has 0 aliphatic heterocycles. The molecule has 0 aromatic heterocycles. The Morgan fingerprint density at radius 3 is 2.47 bits per heavy atom. The fourth-order valence-corrected chi connectivity index (χ4v) is 1.74. The molecule has 1 atom stereocenters. The number of hydrogen-bond donors (Lipinski definition) is 0. The summed E-state index contributed by atoms with van der Waals surface area (Å²) in [4.78, 5) is 0. The Morgan fingerprint density at radius 1 is 1.26 bits per heavy atom. The minimum atomic E-state index is -0.316. The van der Waals surface area contributed by atoms with Gasteiger partial charge in [-0.3, -0.25) is 0 Å². The Bertz CT molecular complexity index is 364. The summed E-state index contributed by atoms with van der Waals surface area (Å²) in [5, 5.41) is 0. The molecule has 0 heterocycles. The molecular weight excluding hydrogens is 232 g/mol.